The van der Waals surface area contributed by atoms with E-state index in [9.17, 15) is 4.79 Å². The van der Waals surface area contributed by atoms with Crippen LogP contribution in [0.3, 0.4) is 0 Å². The molecule has 0 saturated heterocycles. The summed E-state index contributed by atoms with van der Waals surface area (Å²) in [5, 5.41) is 0. The molecule has 23 heavy (non-hydrogen) atoms. The van der Waals surface area contributed by atoms with Crippen molar-refractivity contribution in [3.63, 3.8) is 0 Å². The summed E-state index contributed by atoms with van der Waals surface area (Å²) >= 11 is 0. The van der Waals surface area contributed by atoms with Crippen LogP contribution in [0.15, 0.2) is 29.3 Å². The molecule has 0 aromatic heterocycles. The number of halogens is 1. The van der Waals surface area contributed by atoms with Crippen molar-refractivity contribution in [2.24, 2.45) is 10.7 Å². The summed E-state index contributed by atoms with van der Waals surface area (Å²) in [4.78, 5) is 16.4. The number of benzene rings is 1. The Morgan fingerprint density at radius 2 is 1.74 bits per heavy atom. The molecule has 2 N–H and O–H groups in total. The highest BCUT2D eigenvalue weighted by molar-refractivity contribution is 5.98. The van der Waals surface area contributed by atoms with E-state index >= 15 is 0 Å². The lowest BCUT2D eigenvalue weighted by atomic mass is 9.96. The zero-order valence-corrected chi connectivity index (χ0v) is 14.3. The number of ether oxygens (including phenoxy) is 2. The minimum atomic E-state index is -0.355. The van der Waals surface area contributed by atoms with Gasteiger partial charge in [0.25, 0.3) is 0 Å². The molecule has 1 aliphatic carbocycles. The van der Waals surface area contributed by atoms with E-state index in [1.165, 1.54) is 19.3 Å². The summed E-state index contributed by atoms with van der Waals surface area (Å²) in [5.74, 6) is 0.192. The number of rotatable bonds is 6. The van der Waals surface area contributed by atoms with Crippen molar-refractivity contribution in [3.05, 3.63) is 35.4 Å². The van der Waals surface area contributed by atoms with Crippen LogP contribution in [0.4, 0.5) is 0 Å². The first-order valence-electron chi connectivity index (χ1n) is 7.80. The Morgan fingerprint density at radius 1 is 1.13 bits per heavy atom. The first kappa shape index (κ1) is 19.5. The third-order valence-corrected chi connectivity index (χ3v) is 3.83. The molecule has 6 heteroatoms. The number of methoxy groups -OCH3 is 1. The molecule has 128 valence electrons. The first-order valence-corrected chi connectivity index (χ1v) is 7.80. The van der Waals surface area contributed by atoms with Crippen LogP contribution in [0.5, 0.6) is 0 Å². The van der Waals surface area contributed by atoms with Gasteiger partial charge in [0.1, 0.15) is 12.4 Å². The van der Waals surface area contributed by atoms with Gasteiger partial charge in [0.05, 0.1) is 18.2 Å². The van der Waals surface area contributed by atoms with E-state index in [2.05, 4.69) is 4.99 Å². The predicted molar refractivity (Wildman–Crippen MR) is 93.4 cm³/mol. The maximum Gasteiger partial charge on any atom is 0.338 e. The Labute approximate surface area is 143 Å². The van der Waals surface area contributed by atoms with Crippen LogP contribution in [-0.2, 0) is 9.47 Å². The fourth-order valence-electron chi connectivity index (χ4n) is 2.56. The Morgan fingerprint density at radius 3 is 2.35 bits per heavy atom. The second-order valence-corrected chi connectivity index (χ2v) is 5.51. The van der Waals surface area contributed by atoms with Crippen LogP contribution in [0.1, 0.15) is 48.0 Å². The zero-order chi connectivity index (χ0) is 15.8. The van der Waals surface area contributed by atoms with Crippen LogP contribution in [-0.4, -0.2) is 38.2 Å². The molecule has 5 nitrogen and oxygen atoms in total. The number of nitrogens with two attached hydrogens (primary N) is 1. The molecule has 0 radical (unpaired) electrons. The van der Waals surface area contributed by atoms with E-state index in [0.717, 1.165) is 18.4 Å². The van der Waals surface area contributed by atoms with Crippen molar-refractivity contribution in [2.75, 3.05) is 20.3 Å². The number of nitrogens with zero attached hydrogens (tertiary/aromatic N) is 1. The topological polar surface area (TPSA) is 73.9 Å². The average molecular weight is 341 g/mol. The summed E-state index contributed by atoms with van der Waals surface area (Å²) in [7, 11) is 1.57. The van der Waals surface area contributed by atoms with Crippen molar-refractivity contribution >= 4 is 24.2 Å². The second-order valence-electron chi connectivity index (χ2n) is 5.51. The van der Waals surface area contributed by atoms with E-state index in [1.54, 1.807) is 19.2 Å². The van der Waals surface area contributed by atoms with Gasteiger partial charge in [-0.05, 0) is 25.0 Å². The van der Waals surface area contributed by atoms with E-state index < -0.39 is 0 Å². The van der Waals surface area contributed by atoms with Crippen molar-refractivity contribution in [1.82, 2.24) is 0 Å². The monoisotopic (exact) mass is 340 g/mol. The van der Waals surface area contributed by atoms with Gasteiger partial charge < -0.3 is 15.2 Å². The number of esters is 1. The maximum absolute atomic E-state index is 11.8. The fourth-order valence-corrected chi connectivity index (χ4v) is 2.56. The van der Waals surface area contributed by atoms with Gasteiger partial charge in [-0.15, -0.1) is 12.4 Å². The van der Waals surface area contributed by atoms with Gasteiger partial charge in [-0.3, -0.25) is 4.99 Å². The molecular formula is C17H25ClN2O3. The molecule has 0 amide bonds. The number of hydrogen-bond acceptors (Lipinski definition) is 4. The molecule has 1 aromatic rings. The van der Waals surface area contributed by atoms with Crippen LogP contribution >= 0.6 is 12.4 Å². The predicted octanol–water partition coefficient (Wildman–Crippen LogP) is 2.95. The molecule has 0 heterocycles. The Hall–Kier alpha value is -1.59. The Kier molecular flexibility index (Phi) is 8.66. The minimum absolute atomic E-state index is 0. The van der Waals surface area contributed by atoms with Gasteiger partial charge in [-0.25, -0.2) is 4.79 Å². The highest BCUT2D eigenvalue weighted by Gasteiger charge is 2.13. The van der Waals surface area contributed by atoms with Gasteiger partial charge in [-0.2, -0.15) is 0 Å². The quantitative estimate of drug-likeness (QED) is 0.374. The van der Waals surface area contributed by atoms with Gasteiger partial charge in [0.15, 0.2) is 0 Å². The van der Waals surface area contributed by atoms with E-state index in [4.69, 9.17) is 15.2 Å². The fraction of sp³-hybridized carbons (Fsp3) is 0.529. The molecule has 0 unspecified atom stereocenters. The molecule has 0 spiro atoms. The van der Waals surface area contributed by atoms with Crippen LogP contribution in [0.25, 0.3) is 0 Å². The minimum Gasteiger partial charge on any atom is -0.460 e. The molecular weight excluding hydrogens is 316 g/mol. The molecule has 1 fully saturated rings. The first-order chi connectivity index (χ1) is 10.7. The lowest BCUT2D eigenvalue weighted by Crippen LogP contribution is -2.20. The molecule has 2 rings (SSSR count). The highest BCUT2D eigenvalue weighted by Crippen LogP contribution is 2.20. The highest BCUT2D eigenvalue weighted by atomic mass is 35.5. The largest absolute Gasteiger partial charge is 0.460 e. The summed E-state index contributed by atoms with van der Waals surface area (Å²) in [6.07, 6.45) is 5.99. The number of carbonyl (C=O) groups excluding carboxylic acids is 1. The molecule has 0 bridgehead atoms. The van der Waals surface area contributed by atoms with Crippen LogP contribution in [0.2, 0.25) is 0 Å². The third-order valence-electron chi connectivity index (χ3n) is 3.83. The zero-order valence-electron chi connectivity index (χ0n) is 13.5. The molecule has 0 aliphatic heterocycles. The summed E-state index contributed by atoms with van der Waals surface area (Å²) < 4.78 is 9.91. The molecule has 1 aromatic carbocycles. The standard InChI is InChI=1S/C17H24N2O3.ClH/c1-21-11-12-22-17(20)14-9-7-13(8-10-14)16(18)19-15-5-3-2-4-6-15;/h7-10,15H,2-6,11-12H2,1H3,(H2,18,19);1H. The SMILES string of the molecule is COCCOC(=O)c1ccc(C(N)=NC2CCCCC2)cc1.Cl. The summed E-state index contributed by atoms with van der Waals surface area (Å²) in [6, 6.07) is 7.40. The van der Waals surface area contributed by atoms with Gasteiger partial charge in [0, 0.05) is 12.7 Å². The maximum atomic E-state index is 11.8. The second kappa shape index (κ2) is 10.2. The van der Waals surface area contributed by atoms with Crippen LogP contribution in [0, 0.1) is 0 Å². The number of carbonyl (C=O) groups is 1. The Bertz CT molecular complexity index is 511. The van der Waals surface area contributed by atoms with Crippen LogP contribution < -0.4 is 5.73 Å². The van der Waals surface area contributed by atoms with Crippen molar-refractivity contribution in [1.29, 1.82) is 0 Å². The van der Waals surface area contributed by atoms with Crippen molar-refractivity contribution in [3.8, 4) is 0 Å². The van der Waals surface area contributed by atoms with Gasteiger partial charge >= 0.3 is 5.97 Å². The van der Waals surface area contributed by atoms with Crippen molar-refractivity contribution in [2.45, 2.75) is 38.1 Å². The molecule has 0 atom stereocenters. The number of hydrogen-bond donors (Lipinski definition) is 1. The van der Waals surface area contributed by atoms with E-state index in [1.807, 2.05) is 12.1 Å². The normalized spacial score (nSPS) is 15.8. The smallest absolute Gasteiger partial charge is 0.338 e. The van der Waals surface area contributed by atoms with E-state index in [0.29, 0.717) is 24.0 Å². The lowest BCUT2D eigenvalue weighted by Gasteiger charge is -2.18. The summed E-state index contributed by atoms with van der Waals surface area (Å²) in [6.45, 7) is 0.646. The number of amidine groups is 1. The average Bonchev–Trinajstić information content (AvgIpc) is 2.56. The molecule has 1 aliphatic rings. The number of aliphatic imine (C=N–C) groups is 1. The molecule has 1 saturated carbocycles. The third kappa shape index (κ3) is 6.20. The van der Waals surface area contributed by atoms with Gasteiger partial charge in [-0.1, -0.05) is 31.4 Å². The van der Waals surface area contributed by atoms with Gasteiger partial charge in [0.2, 0.25) is 0 Å². The lowest BCUT2D eigenvalue weighted by molar-refractivity contribution is 0.0388. The Balaban J connectivity index is 0.00000264. The summed E-state index contributed by atoms with van der Waals surface area (Å²) in [5.41, 5.74) is 7.42. The van der Waals surface area contributed by atoms with Crippen molar-refractivity contribution < 1.29 is 14.3 Å². The van der Waals surface area contributed by atoms with E-state index in [-0.39, 0.29) is 25.0 Å².